The second kappa shape index (κ2) is 7.30. The van der Waals surface area contributed by atoms with Crippen LogP contribution in [0.3, 0.4) is 0 Å². The third-order valence-corrected chi connectivity index (χ3v) is 4.85. The van der Waals surface area contributed by atoms with Gasteiger partial charge in [-0.1, -0.05) is 6.07 Å². The highest BCUT2D eigenvalue weighted by molar-refractivity contribution is 5.75. The van der Waals surface area contributed by atoms with E-state index >= 15 is 0 Å². The number of nitrogens with one attached hydrogen (secondary N) is 1. The quantitative estimate of drug-likeness (QED) is 0.925. The van der Waals surface area contributed by atoms with Gasteiger partial charge in [-0.25, -0.2) is 9.18 Å². The molecule has 1 aliphatic carbocycles. The van der Waals surface area contributed by atoms with Crippen LogP contribution in [-0.2, 0) is 11.2 Å². The molecule has 1 fully saturated rings. The summed E-state index contributed by atoms with van der Waals surface area (Å²) in [5.74, 6) is 0.183. The highest BCUT2D eigenvalue weighted by Gasteiger charge is 2.28. The molecule has 126 valence electrons. The van der Waals surface area contributed by atoms with Gasteiger partial charge >= 0.3 is 6.03 Å². The summed E-state index contributed by atoms with van der Waals surface area (Å²) >= 11 is 0. The minimum absolute atomic E-state index is 0.0340. The number of urea groups is 1. The number of amides is 2. The minimum Gasteiger partial charge on any atom is -0.381 e. The Morgan fingerprint density at radius 1 is 1.43 bits per heavy atom. The number of aryl methyl sites for hydroxylation is 1. The molecule has 0 radical (unpaired) electrons. The van der Waals surface area contributed by atoms with Crippen molar-refractivity contribution in [2.24, 2.45) is 5.92 Å². The van der Waals surface area contributed by atoms with Crippen LogP contribution in [-0.4, -0.2) is 37.2 Å². The van der Waals surface area contributed by atoms with Crippen molar-refractivity contribution < 1.29 is 13.9 Å². The molecule has 2 aliphatic rings. The molecule has 0 aromatic heterocycles. The maximum absolute atomic E-state index is 13.5. The van der Waals surface area contributed by atoms with E-state index in [9.17, 15) is 9.18 Å². The van der Waals surface area contributed by atoms with Gasteiger partial charge in [0.15, 0.2) is 0 Å². The minimum atomic E-state index is -0.236. The fourth-order valence-corrected chi connectivity index (χ4v) is 3.63. The first-order valence-corrected chi connectivity index (χ1v) is 8.59. The van der Waals surface area contributed by atoms with Crippen LogP contribution < -0.4 is 5.32 Å². The summed E-state index contributed by atoms with van der Waals surface area (Å²) < 4.78 is 19.0. The monoisotopic (exact) mass is 320 g/mol. The number of piperidine rings is 1. The first-order valence-electron chi connectivity index (χ1n) is 8.59. The van der Waals surface area contributed by atoms with Gasteiger partial charge in [-0.3, -0.25) is 0 Å². The highest BCUT2D eigenvalue weighted by atomic mass is 19.1. The smallest absolute Gasteiger partial charge is 0.317 e. The Bertz CT molecular complexity index is 564. The Balaban J connectivity index is 1.59. The Hall–Kier alpha value is -1.62. The number of halogens is 1. The van der Waals surface area contributed by atoms with Gasteiger partial charge in [0.25, 0.3) is 0 Å². The lowest BCUT2D eigenvalue weighted by Crippen LogP contribution is -2.47. The Morgan fingerprint density at radius 2 is 2.30 bits per heavy atom. The van der Waals surface area contributed by atoms with Gasteiger partial charge in [0, 0.05) is 25.6 Å². The molecule has 2 unspecified atom stereocenters. The van der Waals surface area contributed by atoms with Gasteiger partial charge in [0.2, 0.25) is 0 Å². The number of benzene rings is 1. The van der Waals surface area contributed by atoms with Gasteiger partial charge < -0.3 is 15.0 Å². The predicted molar refractivity (Wildman–Crippen MR) is 86.8 cm³/mol. The zero-order chi connectivity index (χ0) is 16.2. The summed E-state index contributed by atoms with van der Waals surface area (Å²) in [6, 6.07) is 4.78. The molecule has 0 spiro atoms. The molecular formula is C18H25FN2O2. The zero-order valence-electron chi connectivity index (χ0n) is 13.7. The summed E-state index contributed by atoms with van der Waals surface area (Å²) in [7, 11) is 0. The van der Waals surface area contributed by atoms with E-state index in [4.69, 9.17) is 4.74 Å². The lowest BCUT2D eigenvalue weighted by Gasteiger charge is -2.33. The van der Waals surface area contributed by atoms with Gasteiger partial charge in [-0.15, -0.1) is 0 Å². The topological polar surface area (TPSA) is 41.6 Å². The van der Waals surface area contributed by atoms with E-state index in [0.717, 1.165) is 56.5 Å². The lowest BCUT2D eigenvalue weighted by molar-refractivity contribution is 0.0751. The Morgan fingerprint density at radius 3 is 3.13 bits per heavy atom. The van der Waals surface area contributed by atoms with E-state index in [1.54, 1.807) is 6.07 Å². The molecule has 23 heavy (non-hydrogen) atoms. The lowest BCUT2D eigenvalue weighted by atomic mass is 9.99. The van der Waals surface area contributed by atoms with Crippen LogP contribution in [0, 0.1) is 11.7 Å². The molecule has 1 aromatic rings. The number of likely N-dealkylation sites (tertiary alicyclic amines) is 1. The molecule has 5 heteroatoms. The molecule has 1 N–H and O–H groups in total. The van der Waals surface area contributed by atoms with E-state index in [0.29, 0.717) is 12.5 Å². The molecule has 1 saturated heterocycles. The van der Waals surface area contributed by atoms with E-state index in [1.165, 1.54) is 6.07 Å². The maximum atomic E-state index is 13.5. The number of ether oxygens (including phenoxy) is 1. The highest BCUT2D eigenvalue weighted by Crippen LogP contribution is 2.32. The molecule has 3 rings (SSSR count). The number of hydrogen-bond donors (Lipinski definition) is 1. The standard InChI is InChI=1S/C18H25FN2O2/c1-2-23-12-13-4-3-9-21(11-13)18(22)20-17-8-6-14-5-7-15(19)10-16(14)17/h5,7,10,13,17H,2-4,6,8-9,11-12H2,1H3,(H,20,22). The van der Waals surface area contributed by atoms with Gasteiger partial charge in [-0.2, -0.15) is 0 Å². The summed E-state index contributed by atoms with van der Waals surface area (Å²) in [4.78, 5) is 14.4. The van der Waals surface area contributed by atoms with Crippen molar-refractivity contribution in [1.29, 1.82) is 0 Å². The second-order valence-electron chi connectivity index (χ2n) is 6.50. The molecule has 0 saturated carbocycles. The first kappa shape index (κ1) is 16.2. The van der Waals surface area contributed by atoms with Crippen LogP contribution in [0.1, 0.15) is 43.4 Å². The third-order valence-electron chi connectivity index (χ3n) is 4.85. The molecular weight excluding hydrogens is 295 g/mol. The molecule has 1 heterocycles. The molecule has 2 amide bonds. The van der Waals surface area contributed by atoms with Crippen molar-refractivity contribution >= 4 is 6.03 Å². The summed E-state index contributed by atoms with van der Waals surface area (Å²) in [5, 5.41) is 3.09. The van der Waals surface area contributed by atoms with Crippen molar-refractivity contribution in [2.75, 3.05) is 26.3 Å². The van der Waals surface area contributed by atoms with Gasteiger partial charge in [0.1, 0.15) is 5.82 Å². The second-order valence-corrected chi connectivity index (χ2v) is 6.50. The summed E-state index contributed by atoms with van der Waals surface area (Å²) in [6.45, 7) is 4.96. The average molecular weight is 320 g/mol. The number of rotatable bonds is 4. The van der Waals surface area contributed by atoms with Gasteiger partial charge in [-0.05, 0) is 55.9 Å². The number of fused-ring (bicyclic) bond motifs is 1. The molecule has 2 atom stereocenters. The van der Waals surface area contributed by atoms with E-state index in [2.05, 4.69) is 5.32 Å². The number of carbonyl (C=O) groups is 1. The van der Waals surface area contributed by atoms with Crippen LogP contribution in [0.25, 0.3) is 0 Å². The first-order chi connectivity index (χ1) is 11.2. The van der Waals surface area contributed by atoms with Crippen molar-refractivity contribution in [1.82, 2.24) is 10.2 Å². The van der Waals surface area contributed by atoms with Crippen LogP contribution in [0.5, 0.6) is 0 Å². The zero-order valence-corrected chi connectivity index (χ0v) is 13.7. The normalized spacial score (nSPS) is 23.7. The third kappa shape index (κ3) is 3.83. The van der Waals surface area contributed by atoms with Crippen molar-refractivity contribution in [3.8, 4) is 0 Å². The number of carbonyl (C=O) groups excluding carboxylic acids is 1. The van der Waals surface area contributed by atoms with E-state index < -0.39 is 0 Å². The predicted octanol–water partition coefficient (Wildman–Crippen LogP) is 3.27. The van der Waals surface area contributed by atoms with Crippen LogP contribution >= 0.6 is 0 Å². The van der Waals surface area contributed by atoms with Crippen molar-refractivity contribution in [3.05, 3.63) is 35.1 Å². The Kier molecular flexibility index (Phi) is 5.16. The molecule has 4 nitrogen and oxygen atoms in total. The molecule has 1 aromatic carbocycles. The summed E-state index contributed by atoms with van der Waals surface area (Å²) in [5.41, 5.74) is 2.07. The van der Waals surface area contributed by atoms with E-state index in [-0.39, 0.29) is 17.9 Å². The average Bonchev–Trinajstić information content (AvgIpc) is 2.95. The molecule has 1 aliphatic heterocycles. The summed E-state index contributed by atoms with van der Waals surface area (Å²) in [6.07, 6.45) is 3.87. The van der Waals surface area contributed by atoms with Crippen LogP contribution in [0.4, 0.5) is 9.18 Å². The SMILES string of the molecule is CCOCC1CCCN(C(=O)NC2CCc3ccc(F)cc32)C1. The van der Waals surface area contributed by atoms with E-state index in [1.807, 2.05) is 17.9 Å². The van der Waals surface area contributed by atoms with Crippen LogP contribution in [0.15, 0.2) is 18.2 Å². The van der Waals surface area contributed by atoms with Gasteiger partial charge in [0.05, 0.1) is 12.6 Å². The number of hydrogen-bond acceptors (Lipinski definition) is 2. The maximum Gasteiger partial charge on any atom is 0.317 e. The van der Waals surface area contributed by atoms with Crippen molar-refractivity contribution in [2.45, 2.75) is 38.6 Å². The fraction of sp³-hybridized carbons (Fsp3) is 0.611. The Labute approximate surface area is 137 Å². The largest absolute Gasteiger partial charge is 0.381 e. The number of nitrogens with zero attached hydrogens (tertiary/aromatic N) is 1. The van der Waals surface area contributed by atoms with Crippen LogP contribution in [0.2, 0.25) is 0 Å². The molecule has 0 bridgehead atoms. The fourth-order valence-electron chi connectivity index (χ4n) is 3.63. The van der Waals surface area contributed by atoms with Crippen molar-refractivity contribution in [3.63, 3.8) is 0 Å².